The van der Waals surface area contributed by atoms with E-state index in [0.717, 1.165) is 54.8 Å². The van der Waals surface area contributed by atoms with Crippen LogP contribution in [0.1, 0.15) is 31.0 Å². The number of benzene rings is 1. The molecule has 1 aliphatic rings. The van der Waals surface area contributed by atoms with Crippen LogP contribution in [0, 0.1) is 6.57 Å². The van der Waals surface area contributed by atoms with E-state index in [-0.39, 0.29) is 11.7 Å². The first-order valence-electron chi connectivity index (χ1n) is 11.3. The molecular weight excluding hydrogens is 477 g/mol. The van der Waals surface area contributed by atoms with Crippen LogP contribution in [0.3, 0.4) is 0 Å². The Bertz CT molecular complexity index is 1360. The van der Waals surface area contributed by atoms with Crippen molar-refractivity contribution in [2.24, 2.45) is 12.8 Å². The van der Waals surface area contributed by atoms with Crippen molar-refractivity contribution in [2.75, 3.05) is 18.0 Å². The van der Waals surface area contributed by atoms with Gasteiger partial charge in [-0.15, -0.1) is 0 Å². The summed E-state index contributed by atoms with van der Waals surface area (Å²) in [5, 5.41) is 7.12. The number of anilines is 1. The van der Waals surface area contributed by atoms with Gasteiger partial charge in [-0.2, -0.15) is 13.2 Å². The molecule has 192 valence electrons. The summed E-state index contributed by atoms with van der Waals surface area (Å²) in [6, 6.07) is 9.66. The number of aliphatic carboxylic acids is 1. The maximum atomic E-state index is 13.2. The van der Waals surface area contributed by atoms with Gasteiger partial charge < -0.3 is 15.7 Å². The molecule has 12 heteroatoms. The monoisotopic (exact) mass is 504 g/mol. The van der Waals surface area contributed by atoms with E-state index in [1.54, 1.807) is 22.2 Å². The maximum Gasteiger partial charge on any atom is 0.490 e. The number of hydrogen-bond donors (Lipinski definition) is 2. The van der Waals surface area contributed by atoms with Gasteiger partial charge in [0.15, 0.2) is 11.3 Å². The van der Waals surface area contributed by atoms with Gasteiger partial charge in [-0.1, -0.05) is 31.2 Å². The van der Waals surface area contributed by atoms with Crippen LogP contribution < -0.4 is 16.3 Å². The second kappa shape index (κ2) is 10.8. The molecular formula is C24H27F3N6O3. The van der Waals surface area contributed by atoms with E-state index in [9.17, 15) is 18.0 Å². The number of carboxylic acids is 1. The summed E-state index contributed by atoms with van der Waals surface area (Å²) in [7, 11) is 1.76. The summed E-state index contributed by atoms with van der Waals surface area (Å²) in [6.07, 6.45) is -2.24. The molecule has 3 aromatic rings. The van der Waals surface area contributed by atoms with E-state index in [1.807, 2.05) is 18.2 Å². The minimum absolute atomic E-state index is 0.122. The highest BCUT2D eigenvalue weighted by Gasteiger charge is 2.38. The van der Waals surface area contributed by atoms with Crippen LogP contribution in [0.5, 0.6) is 0 Å². The van der Waals surface area contributed by atoms with Gasteiger partial charge in [-0.25, -0.2) is 19.4 Å². The van der Waals surface area contributed by atoms with Crippen molar-refractivity contribution in [3.63, 3.8) is 0 Å². The highest BCUT2D eigenvalue weighted by atomic mass is 19.4. The third-order valence-electron chi connectivity index (χ3n) is 5.96. The molecule has 2 aromatic heterocycles. The molecule has 1 saturated heterocycles. The molecule has 0 radical (unpaired) electrons. The summed E-state index contributed by atoms with van der Waals surface area (Å²) < 4.78 is 35.1. The summed E-state index contributed by atoms with van der Waals surface area (Å²) >= 11 is 0. The minimum atomic E-state index is -5.08. The first kappa shape index (κ1) is 26.7. The molecule has 1 atom stereocenters. The Morgan fingerprint density at radius 2 is 2.00 bits per heavy atom. The van der Waals surface area contributed by atoms with Crippen LogP contribution in [0.2, 0.25) is 0 Å². The van der Waals surface area contributed by atoms with Crippen LogP contribution in [-0.4, -0.2) is 50.5 Å². The largest absolute Gasteiger partial charge is 0.490 e. The van der Waals surface area contributed by atoms with E-state index in [2.05, 4.69) is 22.7 Å². The van der Waals surface area contributed by atoms with Gasteiger partial charge in [0, 0.05) is 38.4 Å². The second-order valence-corrected chi connectivity index (χ2v) is 8.48. The fourth-order valence-corrected chi connectivity index (χ4v) is 4.14. The average Bonchev–Trinajstić information content (AvgIpc) is 3.08. The van der Waals surface area contributed by atoms with Gasteiger partial charge in [0.2, 0.25) is 0 Å². The standard InChI is InChI=1S/C22H26N6O.C2HF3O2/c1-4-17-12-19(27-11-7-9-16(23)14-27)20-21(25-17)26(3)22(29)28(20)13-15-8-5-6-10-18(15)24-2;3-2(4,5)1(6)7/h5-6,8,10,12,16H,4,7,9,11,13-14,23H2,1,3H3;(H,6,7)/t16-;/m1./s1. The highest BCUT2D eigenvalue weighted by molar-refractivity contribution is 5.87. The average molecular weight is 505 g/mol. The minimum Gasteiger partial charge on any atom is -0.475 e. The molecule has 36 heavy (non-hydrogen) atoms. The Kier molecular flexibility index (Phi) is 8.04. The van der Waals surface area contributed by atoms with Crippen molar-refractivity contribution in [3.8, 4) is 0 Å². The Morgan fingerprint density at radius 1 is 1.33 bits per heavy atom. The van der Waals surface area contributed by atoms with Crippen molar-refractivity contribution in [1.82, 2.24) is 14.1 Å². The molecule has 3 N–H and O–H groups in total. The molecule has 0 amide bonds. The number of imidazole rings is 1. The second-order valence-electron chi connectivity index (χ2n) is 8.48. The Balaban J connectivity index is 0.000000454. The number of pyridine rings is 1. The summed E-state index contributed by atoms with van der Waals surface area (Å²) in [6.45, 7) is 11.5. The predicted octanol–water partition coefficient (Wildman–Crippen LogP) is 3.46. The first-order valence-corrected chi connectivity index (χ1v) is 11.3. The molecule has 9 nitrogen and oxygen atoms in total. The number of hydrogen-bond acceptors (Lipinski definition) is 5. The van der Waals surface area contributed by atoms with E-state index in [1.165, 1.54) is 0 Å². The van der Waals surface area contributed by atoms with Crippen molar-refractivity contribution in [2.45, 2.75) is 44.9 Å². The number of carboxylic acid groups (broad SMARTS) is 1. The zero-order valence-corrected chi connectivity index (χ0v) is 19.9. The molecule has 0 aliphatic carbocycles. The zero-order valence-electron chi connectivity index (χ0n) is 19.9. The third-order valence-corrected chi connectivity index (χ3v) is 5.96. The van der Waals surface area contributed by atoms with Crippen molar-refractivity contribution in [1.29, 1.82) is 0 Å². The molecule has 0 spiro atoms. The Morgan fingerprint density at radius 3 is 2.58 bits per heavy atom. The number of fused-ring (bicyclic) bond motifs is 1. The lowest BCUT2D eigenvalue weighted by Crippen LogP contribution is -2.43. The maximum absolute atomic E-state index is 13.2. The highest BCUT2D eigenvalue weighted by Crippen LogP contribution is 2.30. The van der Waals surface area contributed by atoms with Gasteiger partial charge in [0.25, 0.3) is 0 Å². The lowest BCUT2D eigenvalue weighted by Gasteiger charge is -2.33. The number of nitrogens with zero attached hydrogens (tertiary/aromatic N) is 5. The fourth-order valence-electron chi connectivity index (χ4n) is 4.14. The molecule has 1 aromatic carbocycles. The van der Waals surface area contributed by atoms with Crippen molar-refractivity contribution < 1.29 is 23.1 Å². The van der Waals surface area contributed by atoms with E-state index >= 15 is 0 Å². The molecule has 4 rings (SSSR count). The Hall–Kier alpha value is -3.85. The van der Waals surface area contributed by atoms with Crippen LogP contribution in [0.4, 0.5) is 24.5 Å². The van der Waals surface area contributed by atoms with Gasteiger partial charge in [0.1, 0.15) is 5.52 Å². The molecule has 3 heterocycles. The summed E-state index contributed by atoms with van der Waals surface area (Å²) in [5.41, 5.74) is 11.0. The Labute approximate surface area is 205 Å². The zero-order chi connectivity index (χ0) is 26.6. The number of piperidine rings is 1. The smallest absolute Gasteiger partial charge is 0.475 e. The number of alkyl halides is 3. The molecule has 1 fully saturated rings. The number of aromatic nitrogens is 3. The molecule has 0 bridgehead atoms. The molecule has 0 unspecified atom stereocenters. The normalized spacial score (nSPS) is 15.8. The number of para-hydroxylation sites is 1. The molecule has 0 saturated carbocycles. The lowest BCUT2D eigenvalue weighted by molar-refractivity contribution is -0.192. The number of rotatable bonds is 4. The summed E-state index contributed by atoms with van der Waals surface area (Å²) in [5.74, 6) is -2.76. The van der Waals surface area contributed by atoms with Gasteiger partial charge in [-0.3, -0.25) is 9.13 Å². The van der Waals surface area contributed by atoms with E-state index < -0.39 is 12.1 Å². The summed E-state index contributed by atoms with van der Waals surface area (Å²) in [4.78, 5) is 32.7. The fraction of sp³-hybridized carbons (Fsp3) is 0.417. The van der Waals surface area contributed by atoms with E-state index in [4.69, 9.17) is 27.2 Å². The van der Waals surface area contributed by atoms with Crippen molar-refractivity contribution in [3.05, 3.63) is 63.5 Å². The van der Waals surface area contributed by atoms with Crippen LogP contribution in [0.25, 0.3) is 16.0 Å². The van der Waals surface area contributed by atoms with Gasteiger partial charge in [0.05, 0.1) is 12.3 Å². The SMILES string of the molecule is O=C(O)C(F)(F)F.[C-]#[N+]c1ccccc1Cn1c(=O)n(C)c2nc(CC)cc(N3CCC[C@@H](N)C3)c21. The third kappa shape index (κ3) is 5.68. The predicted molar refractivity (Wildman–Crippen MR) is 129 cm³/mol. The quantitative estimate of drug-likeness (QED) is 0.527. The van der Waals surface area contributed by atoms with Crippen molar-refractivity contribution >= 4 is 28.5 Å². The number of nitrogens with two attached hydrogens (primary N) is 1. The van der Waals surface area contributed by atoms with E-state index in [0.29, 0.717) is 17.9 Å². The number of halogens is 3. The lowest BCUT2D eigenvalue weighted by atomic mass is 10.1. The van der Waals surface area contributed by atoms with Gasteiger partial charge in [-0.05, 0) is 30.9 Å². The first-order chi connectivity index (χ1) is 17.0. The van der Waals surface area contributed by atoms with Crippen LogP contribution in [0.15, 0.2) is 35.1 Å². The van der Waals surface area contributed by atoms with Gasteiger partial charge >= 0.3 is 17.8 Å². The van der Waals surface area contributed by atoms with Crippen LogP contribution >= 0.6 is 0 Å². The topological polar surface area (TPSA) is 111 Å². The van der Waals surface area contributed by atoms with Crippen LogP contribution in [-0.2, 0) is 24.8 Å². The number of carbonyl (C=O) groups is 1. The number of aryl methyl sites for hydroxylation is 2. The molecule has 1 aliphatic heterocycles.